The number of benzene rings is 5. The van der Waals surface area contributed by atoms with Crippen LogP contribution >= 0.6 is 0 Å². The molecule has 0 N–H and O–H groups in total. The number of aromatic nitrogens is 2. The van der Waals surface area contributed by atoms with Gasteiger partial charge in [0, 0.05) is 55.2 Å². The molecule has 1 radical (unpaired) electrons. The summed E-state index contributed by atoms with van der Waals surface area (Å²) in [5, 5.41) is 0. The average Bonchev–Trinajstić information content (AvgIpc) is 3.67. The van der Waals surface area contributed by atoms with Crippen LogP contribution in [0.1, 0.15) is 0 Å². The van der Waals surface area contributed by atoms with Crippen molar-refractivity contribution in [3.8, 4) is 0 Å². The molecule has 1 aromatic heterocycles. The molecule has 0 bridgehead atoms. The Morgan fingerprint density at radius 1 is 0.442 bits per heavy atom. The van der Waals surface area contributed by atoms with Crippen LogP contribution in [0.3, 0.4) is 0 Å². The zero-order valence-corrected chi connectivity index (χ0v) is 25.4. The molecule has 43 heavy (non-hydrogen) atoms. The third-order valence-electron chi connectivity index (χ3n) is 6.95. The molecule has 213 valence electrons. The van der Waals surface area contributed by atoms with E-state index in [9.17, 15) is 0 Å². The van der Waals surface area contributed by atoms with E-state index in [1.165, 1.54) is 11.4 Å². The first kappa shape index (κ1) is 28.2. The van der Waals surface area contributed by atoms with Gasteiger partial charge < -0.3 is 19.6 Å². The number of hydrogen-bond donors (Lipinski definition) is 0. The first-order valence-corrected chi connectivity index (χ1v) is 13.7. The normalized spacial score (nSPS) is 13.0. The number of fused-ring (bicyclic) bond motifs is 2. The Labute approximate surface area is 265 Å². The van der Waals surface area contributed by atoms with Crippen molar-refractivity contribution in [2.75, 3.05) is 19.6 Å². The van der Waals surface area contributed by atoms with E-state index in [1.54, 1.807) is 12.4 Å². The average molecular weight is 735 g/mol. The summed E-state index contributed by atoms with van der Waals surface area (Å²) in [4.78, 5) is 17.3. The molecule has 2 aliphatic rings. The zero-order valence-electron chi connectivity index (χ0n) is 23.0. The molecule has 8 rings (SSSR count). The fourth-order valence-corrected chi connectivity index (χ4v) is 5.01. The van der Waals surface area contributed by atoms with Crippen LogP contribution in [0.15, 0.2) is 146 Å². The number of rotatable bonds is 4. The number of anilines is 8. The molecule has 3 heterocycles. The van der Waals surface area contributed by atoms with Crippen molar-refractivity contribution in [3.05, 3.63) is 171 Å². The van der Waals surface area contributed by atoms with Gasteiger partial charge in [-0.05, 0) is 36.4 Å². The van der Waals surface area contributed by atoms with E-state index in [0.717, 1.165) is 34.4 Å². The molecule has 7 heteroatoms. The van der Waals surface area contributed by atoms with Crippen molar-refractivity contribution in [3.63, 3.8) is 0 Å². The molecule has 5 aromatic carbocycles. The summed E-state index contributed by atoms with van der Waals surface area (Å²) >= 11 is 0. The van der Waals surface area contributed by atoms with Crippen molar-refractivity contribution in [1.29, 1.82) is 0 Å². The van der Waals surface area contributed by atoms with Crippen molar-refractivity contribution in [1.82, 2.24) is 9.97 Å². The maximum absolute atomic E-state index is 4.47. The summed E-state index contributed by atoms with van der Waals surface area (Å²) < 4.78 is 0. The van der Waals surface area contributed by atoms with Gasteiger partial charge in [0.1, 0.15) is 11.6 Å². The molecule has 6 aromatic rings. The third-order valence-corrected chi connectivity index (χ3v) is 6.95. The molecular weight excluding hydrogens is 709 g/mol. The maximum atomic E-state index is 4.47. The molecular formula is C36H26IrN6-4. The van der Waals surface area contributed by atoms with E-state index in [2.05, 4.69) is 93.2 Å². The number of para-hydroxylation sites is 6. The predicted molar refractivity (Wildman–Crippen MR) is 169 cm³/mol. The van der Waals surface area contributed by atoms with Crippen LogP contribution in [0.4, 0.5) is 45.8 Å². The van der Waals surface area contributed by atoms with Crippen molar-refractivity contribution in [2.45, 2.75) is 0 Å². The second-order valence-electron chi connectivity index (χ2n) is 9.57. The van der Waals surface area contributed by atoms with E-state index >= 15 is 0 Å². The molecule has 0 fully saturated rings. The van der Waals surface area contributed by atoms with Crippen LogP contribution < -0.4 is 19.6 Å². The Bertz CT molecular complexity index is 1490. The van der Waals surface area contributed by atoms with E-state index < -0.39 is 0 Å². The minimum atomic E-state index is 0. The Morgan fingerprint density at radius 3 is 1.44 bits per heavy atom. The molecule has 6 nitrogen and oxygen atoms in total. The molecule has 0 amide bonds. The van der Waals surface area contributed by atoms with Gasteiger partial charge in [-0.3, -0.25) is 0 Å². The van der Waals surface area contributed by atoms with E-state index in [0.29, 0.717) is 0 Å². The van der Waals surface area contributed by atoms with Gasteiger partial charge in [0.15, 0.2) is 0 Å². The van der Waals surface area contributed by atoms with Gasteiger partial charge in [-0.2, -0.15) is 60.7 Å². The molecule has 0 atom stereocenters. The summed E-state index contributed by atoms with van der Waals surface area (Å²) in [6.45, 7) is 4.11. The first-order chi connectivity index (χ1) is 20.9. The summed E-state index contributed by atoms with van der Waals surface area (Å²) in [7, 11) is 0. The van der Waals surface area contributed by atoms with Gasteiger partial charge in [-0.1, -0.05) is 48.5 Å². The minimum Gasteiger partial charge on any atom is -0.493 e. The molecule has 0 unspecified atom stereocenters. The standard InChI is InChI=1S/C19H14N2.C17H12N4.Ir/c1-3-9-16(10-4-1)20-15-21(17-11-5-2-6-12-17)19-14-8-7-13-18(19)20;1-3-7-14(8-4-1)20-13-21(15-9-5-2-6-10-15)17-16(20)18-11-12-19-17;/h1-11,13-15H;1-9,11-13H;/q2*-2;. The molecule has 0 aliphatic carbocycles. The topological polar surface area (TPSA) is 38.7 Å². The van der Waals surface area contributed by atoms with Crippen LogP contribution in [0, 0.1) is 25.5 Å². The SMILES string of the molecule is [Ir].[c-]1ccccc1N1[CH-]N(c2ccccc2)c2ccccc21.[c-]1ccccc1N1[CH-]N(c2ccccc2)c2nccnc21. The fraction of sp³-hybridized carbons (Fsp3) is 0. The van der Waals surface area contributed by atoms with Gasteiger partial charge in [0.2, 0.25) is 0 Å². The van der Waals surface area contributed by atoms with E-state index in [4.69, 9.17) is 0 Å². The fourth-order valence-electron chi connectivity index (χ4n) is 5.01. The quantitative estimate of drug-likeness (QED) is 0.169. The largest absolute Gasteiger partial charge is 0.493 e. The Balaban J connectivity index is 0.000000150. The summed E-state index contributed by atoms with van der Waals surface area (Å²) in [6.07, 6.45) is 3.41. The first-order valence-electron chi connectivity index (χ1n) is 13.7. The van der Waals surface area contributed by atoms with Gasteiger partial charge in [-0.15, -0.1) is 24.7 Å². The summed E-state index contributed by atoms with van der Waals surface area (Å²) in [5.41, 5.74) is 6.55. The van der Waals surface area contributed by atoms with Crippen molar-refractivity contribution < 1.29 is 20.1 Å². The van der Waals surface area contributed by atoms with Crippen molar-refractivity contribution in [2.24, 2.45) is 0 Å². The van der Waals surface area contributed by atoms with Crippen LogP contribution in [-0.4, -0.2) is 9.97 Å². The minimum absolute atomic E-state index is 0. The Morgan fingerprint density at radius 2 is 0.884 bits per heavy atom. The van der Waals surface area contributed by atoms with Crippen LogP contribution in [0.25, 0.3) is 0 Å². The third kappa shape index (κ3) is 5.73. The Hall–Kier alpha value is -4.97. The van der Waals surface area contributed by atoms with E-state index in [-0.39, 0.29) is 20.1 Å². The van der Waals surface area contributed by atoms with Crippen LogP contribution in [-0.2, 0) is 20.1 Å². The predicted octanol–water partition coefficient (Wildman–Crippen LogP) is 8.58. The summed E-state index contributed by atoms with van der Waals surface area (Å²) in [5.74, 6) is 1.63. The van der Waals surface area contributed by atoms with Gasteiger partial charge in [-0.25, -0.2) is 9.97 Å². The van der Waals surface area contributed by atoms with E-state index in [1.807, 2.05) is 95.3 Å². The van der Waals surface area contributed by atoms with Crippen molar-refractivity contribution >= 4 is 45.8 Å². The molecule has 0 spiro atoms. The van der Waals surface area contributed by atoms with Gasteiger partial charge in [0.25, 0.3) is 0 Å². The Kier molecular flexibility index (Phi) is 8.45. The molecule has 0 saturated heterocycles. The summed E-state index contributed by atoms with van der Waals surface area (Å²) in [6, 6.07) is 51.3. The number of hydrogen-bond acceptors (Lipinski definition) is 6. The molecule has 2 aliphatic heterocycles. The number of nitrogens with zero attached hydrogens (tertiary/aromatic N) is 6. The second-order valence-corrected chi connectivity index (χ2v) is 9.57. The van der Waals surface area contributed by atoms with Gasteiger partial charge in [0.05, 0.1) is 0 Å². The molecule has 0 saturated carbocycles. The van der Waals surface area contributed by atoms with Crippen LogP contribution in [0.2, 0.25) is 0 Å². The second kappa shape index (κ2) is 12.9. The maximum Gasteiger partial charge on any atom is 0.145 e. The zero-order chi connectivity index (χ0) is 28.1. The monoisotopic (exact) mass is 735 g/mol. The van der Waals surface area contributed by atoms with Gasteiger partial charge >= 0.3 is 0 Å². The van der Waals surface area contributed by atoms with Crippen LogP contribution in [0.5, 0.6) is 0 Å². The smallest absolute Gasteiger partial charge is 0.145 e.